The van der Waals surface area contributed by atoms with E-state index < -0.39 is 5.97 Å². The SMILES string of the molecule is CN(CC1CCCOC1)c1ncc(Br)cc1C(=O)O. The monoisotopic (exact) mass is 328 g/mol. The summed E-state index contributed by atoms with van der Waals surface area (Å²) in [6.45, 7) is 2.33. The Morgan fingerprint density at radius 3 is 3.11 bits per heavy atom. The van der Waals surface area contributed by atoms with Crippen LogP contribution >= 0.6 is 15.9 Å². The van der Waals surface area contributed by atoms with Crippen molar-refractivity contribution in [3.8, 4) is 0 Å². The lowest BCUT2D eigenvalue weighted by Crippen LogP contribution is -2.32. The van der Waals surface area contributed by atoms with Crippen LogP contribution in [0.25, 0.3) is 0 Å². The first-order valence-corrected chi connectivity index (χ1v) is 7.05. The molecule has 1 fully saturated rings. The Kier molecular flexibility index (Phi) is 4.76. The molecule has 2 heterocycles. The summed E-state index contributed by atoms with van der Waals surface area (Å²) in [5.74, 6) is -0.0253. The van der Waals surface area contributed by atoms with E-state index in [-0.39, 0.29) is 5.56 Å². The Morgan fingerprint density at radius 1 is 1.68 bits per heavy atom. The lowest BCUT2D eigenvalue weighted by molar-refractivity contribution is 0.0575. The van der Waals surface area contributed by atoms with Crippen molar-refractivity contribution < 1.29 is 14.6 Å². The molecule has 1 aromatic rings. The fourth-order valence-electron chi connectivity index (χ4n) is 2.32. The summed E-state index contributed by atoms with van der Waals surface area (Å²) in [6, 6.07) is 1.58. The standard InChI is InChI=1S/C13H17BrN2O3/c1-16(7-9-3-2-4-19-8-9)12-11(13(17)18)5-10(14)6-15-12/h5-6,9H,2-4,7-8H2,1H3,(H,17,18). The maximum Gasteiger partial charge on any atom is 0.339 e. The third-order valence-electron chi connectivity index (χ3n) is 3.21. The van der Waals surface area contributed by atoms with Gasteiger partial charge in [0.2, 0.25) is 0 Å². The molecule has 0 spiro atoms. The Morgan fingerprint density at radius 2 is 2.47 bits per heavy atom. The van der Waals surface area contributed by atoms with Crippen LogP contribution in [0.15, 0.2) is 16.7 Å². The first kappa shape index (κ1) is 14.3. The Labute approximate surface area is 120 Å². The third-order valence-corrected chi connectivity index (χ3v) is 3.65. The summed E-state index contributed by atoms with van der Waals surface area (Å²) in [4.78, 5) is 17.4. The molecule has 0 aliphatic carbocycles. The smallest absolute Gasteiger partial charge is 0.339 e. The maximum absolute atomic E-state index is 11.3. The highest BCUT2D eigenvalue weighted by Crippen LogP contribution is 2.23. The minimum Gasteiger partial charge on any atom is -0.478 e. The van der Waals surface area contributed by atoms with Gasteiger partial charge in [0.1, 0.15) is 11.4 Å². The summed E-state index contributed by atoms with van der Waals surface area (Å²) >= 11 is 3.25. The predicted molar refractivity (Wildman–Crippen MR) is 75.7 cm³/mol. The third kappa shape index (κ3) is 3.67. The van der Waals surface area contributed by atoms with Crippen LogP contribution in [-0.2, 0) is 4.74 Å². The maximum atomic E-state index is 11.3. The van der Waals surface area contributed by atoms with E-state index in [0.717, 1.165) is 32.6 Å². The van der Waals surface area contributed by atoms with Crippen molar-refractivity contribution >= 4 is 27.7 Å². The second-order valence-electron chi connectivity index (χ2n) is 4.79. The van der Waals surface area contributed by atoms with Gasteiger partial charge in [0.05, 0.1) is 6.61 Å². The minimum absolute atomic E-state index is 0.216. The number of carboxylic acids is 1. The summed E-state index contributed by atoms with van der Waals surface area (Å²) in [5, 5.41) is 9.23. The molecule has 1 N–H and O–H groups in total. The summed E-state index contributed by atoms with van der Waals surface area (Å²) in [6.07, 6.45) is 3.80. The zero-order valence-electron chi connectivity index (χ0n) is 10.8. The molecule has 1 aliphatic rings. The molecular formula is C13H17BrN2O3. The largest absolute Gasteiger partial charge is 0.478 e. The van der Waals surface area contributed by atoms with Gasteiger partial charge in [0, 0.05) is 30.9 Å². The van der Waals surface area contributed by atoms with Gasteiger partial charge in [0.15, 0.2) is 0 Å². The van der Waals surface area contributed by atoms with Crippen molar-refractivity contribution in [1.82, 2.24) is 4.98 Å². The van der Waals surface area contributed by atoms with Gasteiger partial charge in [-0.2, -0.15) is 0 Å². The molecule has 1 atom stereocenters. The van der Waals surface area contributed by atoms with E-state index in [4.69, 9.17) is 4.74 Å². The molecule has 0 aromatic carbocycles. The fourth-order valence-corrected chi connectivity index (χ4v) is 2.65. The average molecular weight is 329 g/mol. The van der Waals surface area contributed by atoms with Crippen molar-refractivity contribution in [2.45, 2.75) is 12.8 Å². The number of pyridine rings is 1. The van der Waals surface area contributed by atoms with E-state index in [9.17, 15) is 9.90 Å². The molecule has 5 nitrogen and oxygen atoms in total. The Balaban J connectivity index is 2.13. The van der Waals surface area contributed by atoms with Crippen LogP contribution in [0.3, 0.4) is 0 Å². The number of rotatable bonds is 4. The van der Waals surface area contributed by atoms with E-state index in [2.05, 4.69) is 20.9 Å². The molecule has 1 aromatic heterocycles. The number of halogens is 1. The topological polar surface area (TPSA) is 62.7 Å². The molecule has 0 saturated carbocycles. The highest BCUT2D eigenvalue weighted by atomic mass is 79.9. The molecule has 2 rings (SSSR count). The number of carbonyl (C=O) groups is 1. The van der Waals surface area contributed by atoms with Crippen LogP contribution in [0.4, 0.5) is 5.82 Å². The van der Waals surface area contributed by atoms with Crippen molar-refractivity contribution in [1.29, 1.82) is 0 Å². The molecule has 6 heteroatoms. The molecule has 0 radical (unpaired) electrons. The van der Waals surface area contributed by atoms with E-state index >= 15 is 0 Å². The van der Waals surface area contributed by atoms with E-state index in [1.54, 1.807) is 12.3 Å². The molecule has 104 valence electrons. The number of aromatic nitrogens is 1. The van der Waals surface area contributed by atoms with Gasteiger partial charge in [-0.25, -0.2) is 9.78 Å². The van der Waals surface area contributed by atoms with E-state index in [0.29, 0.717) is 16.2 Å². The van der Waals surface area contributed by atoms with Crippen molar-refractivity contribution in [3.63, 3.8) is 0 Å². The van der Waals surface area contributed by atoms with Gasteiger partial charge in [-0.15, -0.1) is 0 Å². The summed E-state index contributed by atoms with van der Waals surface area (Å²) in [5.41, 5.74) is 0.216. The van der Waals surface area contributed by atoms with Gasteiger partial charge in [0.25, 0.3) is 0 Å². The zero-order valence-corrected chi connectivity index (χ0v) is 12.4. The lowest BCUT2D eigenvalue weighted by atomic mass is 10.0. The van der Waals surface area contributed by atoms with Crippen LogP contribution in [-0.4, -0.2) is 42.9 Å². The average Bonchev–Trinajstić information content (AvgIpc) is 2.39. The highest BCUT2D eigenvalue weighted by Gasteiger charge is 2.20. The molecule has 0 bridgehead atoms. The first-order chi connectivity index (χ1) is 9.08. The number of carboxylic acid groups (broad SMARTS) is 1. The summed E-state index contributed by atoms with van der Waals surface area (Å²) in [7, 11) is 1.87. The molecule has 1 unspecified atom stereocenters. The van der Waals surface area contributed by atoms with Gasteiger partial charge in [-0.3, -0.25) is 0 Å². The van der Waals surface area contributed by atoms with Crippen molar-refractivity contribution in [2.24, 2.45) is 5.92 Å². The van der Waals surface area contributed by atoms with Crippen molar-refractivity contribution in [2.75, 3.05) is 31.7 Å². The van der Waals surface area contributed by atoms with Crippen LogP contribution in [0.1, 0.15) is 23.2 Å². The molecule has 1 aliphatic heterocycles. The van der Waals surface area contributed by atoms with Crippen LogP contribution < -0.4 is 4.90 Å². The lowest BCUT2D eigenvalue weighted by Gasteiger charge is -2.28. The Bertz CT molecular complexity index is 461. The normalized spacial score (nSPS) is 19.2. The van der Waals surface area contributed by atoms with E-state index in [1.807, 2.05) is 11.9 Å². The number of nitrogens with zero attached hydrogens (tertiary/aromatic N) is 2. The predicted octanol–water partition coefficient (Wildman–Crippen LogP) is 2.41. The number of hydrogen-bond acceptors (Lipinski definition) is 4. The van der Waals surface area contributed by atoms with E-state index in [1.165, 1.54) is 0 Å². The highest BCUT2D eigenvalue weighted by molar-refractivity contribution is 9.10. The second-order valence-corrected chi connectivity index (χ2v) is 5.71. The quantitative estimate of drug-likeness (QED) is 0.919. The van der Waals surface area contributed by atoms with Gasteiger partial charge < -0.3 is 14.7 Å². The molecular weight excluding hydrogens is 312 g/mol. The van der Waals surface area contributed by atoms with Crippen LogP contribution in [0, 0.1) is 5.92 Å². The molecule has 0 amide bonds. The van der Waals surface area contributed by atoms with Crippen LogP contribution in [0.5, 0.6) is 0 Å². The number of hydrogen-bond donors (Lipinski definition) is 1. The number of anilines is 1. The minimum atomic E-state index is -0.962. The van der Waals surface area contributed by atoms with Crippen molar-refractivity contribution in [3.05, 3.63) is 22.3 Å². The van der Waals surface area contributed by atoms with Crippen LogP contribution in [0.2, 0.25) is 0 Å². The molecule has 19 heavy (non-hydrogen) atoms. The Hall–Kier alpha value is -1.14. The number of aromatic carboxylic acids is 1. The summed E-state index contributed by atoms with van der Waals surface area (Å²) < 4.78 is 6.11. The number of ether oxygens (including phenoxy) is 1. The second kappa shape index (κ2) is 6.34. The zero-order chi connectivity index (χ0) is 13.8. The van der Waals surface area contributed by atoms with Gasteiger partial charge >= 0.3 is 5.97 Å². The van der Waals surface area contributed by atoms with Gasteiger partial charge in [-0.05, 0) is 40.8 Å². The fraction of sp³-hybridized carbons (Fsp3) is 0.538. The first-order valence-electron chi connectivity index (χ1n) is 6.25. The van der Waals surface area contributed by atoms with Gasteiger partial charge in [-0.1, -0.05) is 0 Å². The molecule has 1 saturated heterocycles.